The number of fused-ring (bicyclic) bond motifs is 1. The normalized spacial score (nSPS) is 15.9. The number of nitrogens with zero attached hydrogens (tertiary/aromatic N) is 4. The van der Waals surface area contributed by atoms with Crippen LogP contribution in [0, 0.1) is 5.92 Å². The van der Waals surface area contributed by atoms with Crippen molar-refractivity contribution in [1.29, 1.82) is 0 Å². The smallest absolute Gasteiger partial charge is 0.216 e. The summed E-state index contributed by atoms with van der Waals surface area (Å²) in [7, 11) is 0. The van der Waals surface area contributed by atoms with Gasteiger partial charge < -0.3 is 0 Å². The lowest BCUT2D eigenvalue weighted by Gasteiger charge is -2.31. The van der Waals surface area contributed by atoms with Crippen molar-refractivity contribution in [3.63, 3.8) is 0 Å². The zero-order chi connectivity index (χ0) is 19.6. The zero-order valence-electron chi connectivity index (χ0n) is 16.2. The minimum atomic E-state index is 0.808. The van der Waals surface area contributed by atoms with Gasteiger partial charge in [-0.1, -0.05) is 69.7 Å². The molecule has 2 aromatic carbocycles. The van der Waals surface area contributed by atoms with Crippen molar-refractivity contribution in [3.05, 3.63) is 75.7 Å². The second-order valence-corrected chi connectivity index (χ2v) is 9.80. The van der Waals surface area contributed by atoms with Gasteiger partial charge in [0.1, 0.15) is 0 Å². The van der Waals surface area contributed by atoms with Crippen molar-refractivity contribution < 1.29 is 0 Å². The Kier molecular flexibility index (Phi) is 5.48. The first-order valence-electron chi connectivity index (χ1n) is 10.1. The Bertz CT molecular complexity index is 1080. The van der Waals surface area contributed by atoms with Crippen molar-refractivity contribution in [2.75, 3.05) is 13.1 Å². The molecule has 0 radical (unpaired) electrons. The Morgan fingerprint density at radius 1 is 0.966 bits per heavy atom. The molecular weight excluding hydrogens is 444 g/mol. The summed E-state index contributed by atoms with van der Waals surface area (Å²) in [6, 6.07) is 19.2. The number of likely N-dealkylation sites (tertiary alicyclic amines) is 1. The molecule has 4 aromatic rings. The molecule has 1 aliphatic rings. The predicted molar refractivity (Wildman–Crippen MR) is 122 cm³/mol. The van der Waals surface area contributed by atoms with Crippen molar-refractivity contribution >= 4 is 32.2 Å². The highest BCUT2D eigenvalue weighted by Gasteiger charge is 2.21. The SMILES string of the molecule is Brc1ccc(-c2nnc3sc(CN4CCC(Cc5ccccc5)CC4)cn23)cc1. The van der Waals surface area contributed by atoms with E-state index < -0.39 is 0 Å². The Morgan fingerprint density at radius 2 is 1.72 bits per heavy atom. The fourth-order valence-electron chi connectivity index (χ4n) is 4.14. The van der Waals surface area contributed by atoms with Crippen LogP contribution >= 0.6 is 27.3 Å². The Labute approximate surface area is 183 Å². The van der Waals surface area contributed by atoms with Gasteiger partial charge in [0, 0.05) is 27.7 Å². The van der Waals surface area contributed by atoms with Crippen LogP contribution in [0.5, 0.6) is 0 Å². The van der Waals surface area contributed by atoms with E-state index in [1.54, 1.807) is 11.3 Å². The molecule has 1 aliphatic heterocycles. The highest BCUT2D eigenvalue weighted by Crippen LogP contribution is 2.27. The van der Waals surface area contributed by atoms with Gasteiger partial charge in [0.2, 0.25) is 4.96 Å². The van der Waals surface area contributed by atoms with Crippen LogP contribution in [0.4, 0.5) is 0 Å². The standard InChI is InChI=1S/C23H23BrN4S/c24-20-8-6-19(7-9-20)22-25-26-23-28(22)16-21(29-23)15-27-12-10-18(11-13-27)14-17-4-2-1-3-5-17/h1-9,16,18H,10-15H2. The number of hydrogen-bond donors (Lipinski definition) is 0. The third-order valence-electron chi connectivity index (χ3n) is 5.72. The molecule has 0 spiro atoms. The first-order chi connectivity index (χ1) is 14.2. The fourth-order valence-corrected chi connectivity index (χ4v) is 5.36. The van der Waals surface area contributed by atoms with E-state index in [1.165, 1.54) is 42.8 Å². The van der Waals surface area contributed by atoms with E-state index >= 15 is 0 Å². The predicted octanol–water partition coefficient (Wildman–Crippen LogP) is 5.68. The number of hydrogen-bond acceptors (Lipinski definition) is 4. The summed E-state index contributed by atoms with van der Waals surface area (Å²) >= 11 is 5.25. The maximum Gasteiger partial charge on any atom is 0.216 e. The van der Waals surface area contributed by atoms with Crippen molar-refractivity contribution in [2.24, 2.45) is 5.92 Å². The van der Waals surface area contributed by atoms with Crippen LogP contribution in [0.1, 0.15) is 23.3 Å². The second-order valence-electron chi connectivity index (χ2n) is 7.79. The van der Waals surface area contributed by atoms with E-state index in [2.05, 4.69) is 84.1 Å². The number of benzene rings is 2. The molecule has 1 fully saturated rings. The summed E-state index contributed by atoms with van der Waals surface area (Å²) in [5.41, 5.74) is 2.56. The molecule has 5 rings (SSSR count). The van der Waals surface area contributed by atoms with Gasteiger partial charge in [-0.15, -0.1) is 10.2 Å². The maximum absolute atomic E-state index is 4.39. The lowest BCUT2D eigenvalue weighted by atomic mass is 9.90. The first-order valence-corrected chi connectivity index (χ1v) is 11.7. The number of piperidine rings is 1. The maximum atomic E-state index is 4.39. The monoisotopic (exact) mass is 466 g/mol. The summed E-state index contributed by atoms with van der Waals surface area (Å²) < 4.78 is 3.20. The van der Waals surface area contributed by atoms with Gasteiger partial charge in [0.25, 0.3) is 0 Å². The Balaban J connectivity index is 1.23. The van der Waals surface area contributed by atoms with Crippen LogP contribution in [0.25, 0.3) is 16.3 Å². The van der Waals surface area contributed by atoms with Crippen LogP contribution in [0.15, 0.2) is 65.3 Å². The van der Waals surface area contributed by atoms with Gasteiger partial charge in [0.05, 0.1) is 0 Å². The molecule has 2 aromatic heterocycles. The summed E-state index contributed by atoms with van der Waals surface area (Å²) in [4.78, 5) is 4.91. The molecule has 4 nitrogen and oxygen atoms in total. The van der Waals surface area contributed by atoms with Gasteiger partial charge in [-0.25, -0.2) is 0 Å². The largest absolute Gasteiger partial charge is 0.298 e. The molecular formula is C23H23BrN4S. The molecule has 0 amide bonds. The van der Waals surface area contributed by atoms with Crippen molar-refractivity contribution in [3.8, 4) is 11.4 Å². The third kappa shape index (κ3) is 4.29. The van der Waals surface area contributed by atoms with Gasteiger partial charge in [-0.3, -0.25) is 9.30 Å². The van der Waals surface area contributed by atoms with Crippen LogP contribution in [0.2, 0.25) is 0 Å². The van der Waals surface area contributed by atoms with Crippen molar-refractivity contribution in [2.45, 2.75) is 25.8 Å². The van der Waals surface area contributed by atoms with Crippen LogP contribution in [0.3, 0.4) is 0 Å². The van der Waals surface area contributed by atoms with E-state index in [1.807, 2.05) is 12.1 Å². The molecule has 0 unspecified atom stereocenters. The topological polar surface area (TPSA) is 33.4 Å². The van der Waals surface area contributed by atoms with Gasteiger partial charge in [-0.05, 0) is 56.0 Å². The molecule has 148 valence electrons. The Morgan fingerprint density at radius 3 is 2.48 bits per heavy atom. The van der Waals surface area contributed by atoms with Gasteiger partial charge in [-0.2, -0.15) is 0 Å². The summed E-state index contributed by atoms with van der Waals surface area (Å²) in [6.07, 6.45) is 5.99. The number of rotatable bonds is 5. The van der Waals surface area contributed by atoms with Crippen LogP contribution < -0.4 is 0 Å². The minimum Gasteiger partial charge on any atom is -0.298 e. The third-order valence-corrected chi connectivity index (χ3v) is 7.20. The lowest BCUT2D eigenvalue weighted by molar-refractivity contribution is 0.178. The molecule has 1 saturated heterocycles. The molecule has 0 atom stereocenters. The zero-order valence-corrected chi connectivity index (χ0v) is 18.6. The van der Waals surface area contributed by atoms with Gasteiger partial charge in [0.15, 0.2) is 5.82 Å². The second kappa shape index (κ2) is 8.38. The molecule has 0 aliphatic carbocycles. The molecule has 29 heavy (non-hydrogen) atoms. The quantitative estimate of drug-likeness (QED) is 0.379. The average Bonchev–Trinajstić information content (AvgIpc) is 3.31. The molecule has 6 heteroatoms. The molecule has 0 saturated carbocycles. The highest BCUT2D eigenvalue weighted by molar-refractivity contribution is 9.10. The number of aromatic nitrogens is 3. The highest BCUT2D eigenvalue weighted by atomic mass is 79.9. The fraction of sp³-hybridized carbons (Fsp3) is 0.304. The number of halogens is 1. The van der Waals surface area contributed by atoms with Gasteiger partial charge >= 0.3 is 0 Å². The Hall–Kier alpha value is -2.02. The van der Waals surface area contributed by atoms with E-state index in [-0.39, 0.29) is 0 Å². The summed E-state index contributed by atoms with van der Waals surface area (Å²) in [5, 5.41) is 8.78. The number of thiazole rings is 1. The molecule has 0 bridgehead atoms. The van der Waals surface area contributed by atoms with E-state index in [9.17, 15) is 0 Å². The van der Waals surface area contributed by atoms with E-state index in [0.29, 0.717) is 0 Å². The summed E-state index contributed by atoms with van der Waals surface area (Å²) in [6.45, 7) is 3.36. The molecule has 0 N–H and O–H groups in total. The summed E-state index contributed by atoms with van der Waals surface area (Å²) in [5.74, 6) is 1.72. The average molecular weight is 467 g/mol. The molecule has 3 heterocycles. The van der Waals surface area contributed by atoms with Crippen LogP contribution in [-0.4, -0.2) is 32.6 Å². The van der Waals surface area contributed by atoms with E-state index in [4.69, 9.17) is 0 Å². The first kappa shape index (κ1) is 19.0. The van der Waals surface area contributed by atoms with E-state index in [0.717, 1.165) is 33.3 Å². The lowest BCUT2D eigenvalue weighted by Crippen LogP contribution is -2.33. The van der Waals surface area contributed by atoms with Crippen LogP contribution in [-0.2, 0) is 13.0 Å². The van der Waals surface area contributed by atoms with Crippen molar-refractivity contribution in [1.82, 2.24) is 19.5 Å². The minimum absolute atomic E-state index is 0.808.